The van der Waals surface area contributed by atoms with E-state index < -0.39 is 5.91 Å². The van der Waals surface area contributed by atoms with Gasteiger partial charge < -0.3 is 25.7 Å². The van der Waals surface area contributed by atoms with Crippen molar-refractivity contribution < 1.29 is 19.5 Å². The third-order valence-corrected chi connectivity index (χ3v) is 5.51. The molecule has 9 heteroatoms. The van der Waals surface area contributed by atoms with E-state index in [1.807, 2.05) is 30.3 Å². The zero-order valence-electron chi connectivity index (χ0n) is 16.7. The normalized spacial score (nSPS) is 11.3. The molecule has 0 bridgehead atoms. The van der Waals surface area contributed by atoms with E-state index in [1.54, 1.807) is 13.2 Å². The Bertz CT molecular complexity index is 891. The summed E-state index contributed by atoms with van der Waals surface area (Å²) in [5.41, 5.74) is 7.36. The van der Waals surface area contributed by atoms with Gasteiger partial charge in [-0.1, -0.05) is 17.3 Å². The topological polar surface area (TPSA) is 106 Å². The highest BCUT2D eigenvalue weighted by molar-refractivity contribution is 9.10. The lowest BCUT2D eigenvalue weighted by molar-refractivity contribution is -0.115. The highest BCUT2D eigenvalue weighted by Crippen LogP contribution is 2.27. The summed E-state index contributed by atoms with van der Waals surface area (Å²) in [5.74, 6) is 1.04. The van der Waals surface area contributed by atoms with Crippen molar-refractivity contribution in [3.05, 3.63) is 56.5 Å². The van der Waals surface area contributed by atoms with E-state index in [4.69, 9.17) is 15.2 Å². The van der Waals surface area contributed by atoms with E-state index in [2.05, 4.69) is 42.3 Å². The molecule has 0 saturated heterocycles. The van der Waals surface area contributed by atoms with Crippen LogP contribution in [-0.2, 0) is 17.6 Å². The van der Waals surface area contributed by atoms with Gasteiger partial charge in [-0.05, 0) is 86.6 Å². The van der Waals surface area contributed by atoms with Crippen LogP contribution >= 0.6 is 31.9 Å². The number of halogens is 2. The van der Waals surface area contributed by atoms with Crippen LogP contribution in [0.1, 0.15) is 17.5 Å². The molecular formula is C21H25Br2N3O4. The SMILES string of the molecule is COc1ccc(CC(=NO)C(=O)NCCc2ccc(OCCCN)c(Br)c2)cc1Br. The summed E-state index contributed by atoms with van der Waals surface area (Å²) in [7, 11) is 1.58. The molecule has 0 spiro atoms. The molecule has 30 heavy (non-hydrogen) atoms. The Kier molecular flexibility index (Phi) is 10.1. The number of carbonyl (C=O) groups excluding carboxylic acids is 1. The van der Waals surface area contributed by atoms with Crippen LogP contribution in [0.3, 0.4) is 0 Å². The van der Waals surface area contributed by atoms with Gasteiger partial charge in [-0.25, -0.2) is 0 Å². The van der Waals surface area contributed by atoms with E-state index in [9.17, 15) is 10.0 Å². The Balaban J connectivity index is 1.86. The number of ether oxygens (including phenoxy) is 2. The molecule has 162 valence electrons. The van der Waals surface area contributed by atoms with Crippen LogP contribution in [0.4, 0.5) is 0 Å². The van der Waals surface area contributed by atoms with E-state index >= 15 is 0 Å². The Labute approximate surface area is 192 Å². The van der Waals surface area contributed by atoms with Crippen molar-refractivity contribution >= 4 is 43.5 Å². The summed E-state index contributed by atoms with van der Waals surface area (Å²) in [4.78, 5) is 12.4. The number of hydrogen-bond donors (Lipinski definition) is 3. The third kappa shape index (κ3) is 7.30. The molecule has 7 nitrogen and oxygen atoms in total. The second kappa shape index (κ2) is 12.6. The molecule has 0 fully saturated rings. The minimum absolute atomic E-state index is 0.0388. The maximum Gasteiger partial charge on any atom is 0.269 e. The zero-order valence-corrected chi connectivity index (χ0v) is 19.8. The minimum atomic E-state index is -0.412. The fraction of sp³-hybridized carbons (Fsp3) is 0.333. The van der Waals surface area contributed by atoms with Gasteiger partial charge in [0, 0.05) is 13.0 Å². The van der Waals surface area contributed by atoms with Gasteiger partial charge in [0.15, 0.2) is 0 Å². The molecule has 0 atom stereocenters. The van der Waals surface area contributed by atoms with Crippen LogP contribution in [0.2, 0.25) is 0 Å². The zero-order chi connectivity index (χ0) is 21.9. The maximum atomic E-state index is 12.4. The number of nitrogens with two attached hydrogens (primary N) is 1. The second-order valence-corrected chi connectivity index (χ2v) is 8.16. The average molecular weight is 543 g/mol. The molecule has 0 aliphatic heterocycles. The van der Waals surface area contributed by atoms with Gasteiger partial charge in [-0.3, -0.25) is 4.79 Å². The highest BCUT2D eigenvalue weighted by Gasteiger charge is 2.14. The molecule has 0 unspecified atom stereocenters. The average Bonchev–Trinajstić information content (AvgIpc) is 2.73. The summed E-state index contributed by atoms with van der Waals surface area (Å²) in [6.07, 6.45) is 1.62. The summed E-state index contributed by atoms with van der Waals surface area (Å²) in [5, 5.41) is 15.2. The molecular weight excluding hydrogens is 518 g/mol. The van der Waals surface area contributed by atoms with Crippen molar-refractivity contribution in [2.24, 2.45) is 10.9 Å². The highest BCUT2D eigenvalue weighted by atomic mass is 79.9. The van der Waals surface area contributed by atoms with Crippen molar-refractivity contribution in [1.29, 1.82) is 0 Å². The molecule has 0 radical (unpaired) electrons. The standard InChI is InChI=1S/C21H25Br2N3O4/c1-29-19-5-4-15(12-16(19)22)13-18(26-28)21(27)25-9-7-14-3-6-20(17(23)11-14)30-10-2-8-24/h3-6,11-12,28H,2,7-10,13,24H2,1H3,(H,25,27). The predicted octanol–water partition coefficient (Wildman–Crippen LogP) is 3.68. The van der Waals surface area contributed by atoms with Crippen LogP contribution in [0.15, 0.2) is 50.5 Å². The van der Waals surface area contributed by atoms with Crippen molar-refractivity contribution in [1.82, 2.24) is 5.32 Å². The van der Waals surface area contributed by atoms with Crippen LogP contribution in [-0.4, -0.2) is 43.6 Å². The number of methoxy groups -OCH3 is 1. The molecule has 0 saturated carbocycles. The maximum absolute atomic E-state index is 12.4. The number of rotatable bonds is 11. The van der Waals surface area contributed by atoms with E-state index in [0.29, 0.717) is 31.9 Å². The van der Waals surface area contributed by atoms with Gasteiger partial charge in [-0.2, -0.15) is 0 Å². The summed E-state index contributed by atoms with van der Waals surface area (Å²) in [6, 6.07) is 11.2. The van der Waals surface area contributed by atoms with Crippen LogP contribution < -0.4 is 20.5 Å². The Hall–Kier alpha value is -2.10. The lowest BCUT2D eigenvalue weighted by atomic mass is 10.1. The lowest BCUT2D eigenvalue weighted by Crippen LogP contribution is -2.33. The number of carbonyl (C=O) groups is 1. The number of nitrogens with one attached hydrogen (secondary N) is 1. The summed E-state index contributed by atoms with van der Waals surface area (Å²) < 4.78 is 12.5. The van der Waals surface area contributed by atoms with Crippen molar-refractivity contribution in [2.45, 2.75) is 19.3 Å². The quantitative estimate of drug-likeness (QED) is 0.174. The van der Waals surface area contributed by atoms with Crippen molar-refractivity contribution in [3.8, 4) is 11.5 Å². The molecule has 0 heterocycles. The number of oxime groups is 1. The van der Waals surface area contributed by atoms with Crippen molar-refractivity contribution in [2.75, 3.05) is 26.8 Å². The van der Waals surface area contributed by atoms with E-state index in [1.165, 1.54) is 0 Å². The Morgan fingerprint density at radius 2 is 1.80 bits per heavy atom. The van der Waals surface area contributed by atoms with Gasteiger partial charge >= 0.3 is 0 Å². The van der Waals surface area contributed by atoms with Gasteiger partial charge in [0.2, 0.25) is 0 Å². The predicted molar refractivity (Wildman–Crippen MR) is 124 cm³/mol. The van der Waals surface area contributed by atoms with Crippen LogP contribution in [0, 0.1) is 0 Å². The first-order valence-electron chi connectivity index (χ1n) is 9.41. The van der Waals surface area contributed by atoms with Crippen molar-refractivity contribution in [3.63, 3.8) is 0 Å². The third-order valence-electron chi connectivity index (χ3n) is 4.27. The van der Waals surface area contributed by atoms with E-state index in [-0.39, 0.29) is 12.1 Å². The van der Waals surface area contributed by atoms with Gasteiger partial charge in [0.25, 0.3) is 5.91 Å². The summed E-state index contributed by atoms with van der Waals surface area (Å²) in [6.45, 7) is 1.56. The smallest absolute Gasteiger partial charge is 0.269 e. The number of benzene rings is 2. The van der Waals surface area contributed by atoms with Gasteiger partial charge in [0.05, 0.1) is 22.7 Å². The van der Waals surface area contributed by atoms with Gasteiger partial charge in [-0.15, -0.1) is 0 Å². The first-order valence-corrected chi connectivity index (χ1v) is 11.0. The van der Waals surface area contributed by atoms with Crippen LogP contribution in [0.25, 0.3) is 0 Å². The van der Waals surface area contributed by atoms with Crippen LogP contribution in [0.5, 0.6) is 11.5 Å². The molecule has 0 aliphatic rings. The monoisotopic (exact) mass is 541 g/mol. The lowest BCUT2D eigenvalue weighted by Gasteiger charge is -2.11. The number of hydrogen-bond acceptors (Lipinski definition) is 6. The first kappa shape index (κ1) is 24.2. The largest absolute Gasteiger partial charge is 0.496 e. The van der Waals surface area contributed by atoms with E-state index in [0.717, 1.165) is 32.2 Å². The molecule has 0 aliphatic carbocycles. The first-order chi connectivity index (χ1) is 14.5. The molecule has 2 rings (SSSR count). The number of amides is 1. The Morgan fingerprint density at radius 1 is 1.13 bits per heavy atom. The molecule has 0 aromatic heterocycles. The molecule has 2 aromatic rings. The molecule has 2 aromatic carbocycles. The molecule has 4 N–H and O–H groups in total. The minimum Gasteiger partial charge on any atom is -0.496 e. The van der Waals surface area contributed by atoms with Gasteiger partial charge in [0.1, 0.15) is 17.2 Å². The molecule has 1 amide bonds. The second-order valence-electron chi connectivity index (χ2n) is 6.45. The fourth-order valence-electron chi connectivity index (χ4n) is 2.68. The summed E-state index contributed by atoms with van der Waals surface area (Å²) >= 11 is 6.91. The number of nitrogens with zero attached hydrogens (tertiary/aromatic N) is 1. The Morgan fingerprint density at radius 3 is 2.43 bits per heavy atom. The fourth-order valence-corrected chi connectivity index (χ4v) is 3.81.